The highest BCUT2D eigenvalue weighted by molar-refractivity contribution is 5.92. The lowest BCUT2D eigenvalue weighted by molar-refractivity contribution is 0.0947. The maximum absolute atomic E-state index is 13.2. The highest BCUT2D eigenvalue weighted by Gasteiger charge is 2.08. The average molecular weight is 368 g/mol. The molecule has 0 spiro atoms. The van der Waals surface area contributed by atoms with Crippen LogP contribution in [0.2, 0.25) is 0 Å². The molecule has 0 radical (unpaired) electrons. The molecule has 0 unspecified atom stereocenters. The van der Waals surface area contributed by atoms with Crippen LogP contribution in [0.1, 0.15) is 22.5 Å². The first-order valence-corrected chi connectivity index (χ1v) is 8.50. The molecule has 27 heavy (non-hydrogen) atoms. The van der Waals surface area contributed by atoms with E-state index in [9.17, 15) is 13.6 Å². The molecule has 2 N–H and O–H groups in total. The Morgan fingerprint density at radius 1 is 0.926 bits per heavy atom. The van der Waals surface area contributed by atoms with E-state index in [1.165, 1.54) is 17.7 Å². The van der Waals surface area contributed by atoms with E-state index in [-0.39, 0.29) is 11.6 Å². The van der Waals surface area contributed by atoms with Crippen molar-refractivity contribution in [3.63, 3.8) is 0 Å². The largest absolute Gasteiger partial charge is 0.351 e. The summed E-state index contributed by atoms with van der Waals surface area (Å²) in [5, 5.41) is 13.3. The SMILES string of the molecule is O=C(NCCCc1ccccc1)c1ccc(Nc2ccc(F)c(F)c2)nn1. The molecule has 5 nitrogen and oxygen atoms in total. The number of anilines is 2. The molecule has 7 heteroatoms. The third-order valence-corrected chi connectivity index (χ3v) is 3.86. The van der Waals surface area contributed by atoms with Gasteiger partial charge in [0.1, 0.15) is 0 Å². The fourth-order valence-corrected chi connectivity index (χ4v) is 2.47. The smallest absolute Gasteiger partial charge is 0.271 e. The van der Waals surface area contributed by atoms with Gasteiger partial charge in [0.15, 0.2) is 23.1 Å². The minimum absolute atomic E-state index is 0.186. The van der Waals surface area contributed by atoms with Gasteiger partial charge in [-0.3, -0.25) is 4.79 Å². The number of amides is 1. The van der Waals surface area contributed by atoms with Gasteiger partial charge in [-0.15, -0.1) is 10.2 Å². The van der Waals surface area contributed by atoms with Crippen LogP contribution in [0.5, 0.6) is 0 Å². The number of halogens is 2. The van der Waals surface area contributed by atoms with Crippen molar-refractivity contribution >= 4 is 17.4 Å². The van der Waals surface area contributed by atoms with Crippen molar-refractivity contribution in [1.82, 2.24) is 15.5 Å². The van der Waals surface area contributed by atoms with E-state index in [1.54, 1.807) is 6.07 Å². The molecule has 0 saturated heterocycles. The fourth-order valence-electron chi connectivity index (χ4n) is 2.47. The highest BCUT2D eigenvalue weighted by Crippen LogP contribution is 2.17. The van der Waals surface area contributed by atoms with Gasteiger partial charge in [0.2, 0.25) is 0 Å². The summed E-state index contributed by atoms with van der Waals surface area (Å²) in [5.41, 5.74) is 1.74. The van der Waals surface area contributed by atoms with Crippen LogP contribution in [0.3, 0.4) is 0 Å². The molecule has 0 atom stereocenters. The molecule has 0 aliphatic carbocycles. The zero-order valence-electron chi connectivity index (χ0n) is 14.5. The van der Waals surface area contributed by atoms with Gasteiger partial charge in [0, 0.05) is 18.3 Å². The van der Waals surface area contributed by atoms with Gasteiger partial charge in [0.25, 0.3) is 5.91 Å². The summed E-state index contributed by atoms with van der Waals surface area (Å²) in [6, 6.07) is 16.5. The summed E-state index contributed by atoms with van der Waals surface area (Å²) < 4.78 is 26.1. The molecule has 0 bridgehead atoms. The van der Waals surface area contributed by atoms with E-state index in [1.807, 2.05) is 30.3 Å². The van der Waals surface area contributed by atoms with Gasteiger partial charge >= 0.3 is 0 Å². The normalized spacial score (nSPS) is 10.4. The number of rotatable bonds is 7. The van der Waals surface area contributed by atoms with Crippen LogP contribution >= 0.6 is 0 Å². The lowest BCUT2D eigenvalue weighted by atomic mass is 10.1. The fraction of sp³-hybridized carbons (Fsp3) is 0.150. The Morgan fingerprint density at radius 2 is 1.74 bits per heavy atom. The summed E-state index contributed by atoms with van der Waals surface area (Å²) >= 11 is 0. The molecule has 0 aliphatic heterocycles. The Labute approximate surface area is 155 Å². The molecule has 138 valence electrons. The van der Waals surface area contributed by atoms with E-state index >= 15 is 0 Å². The zero-order chi connectivity index (χ0) is 19.1. The first-order valence-electron chi connectivity index (χ1n) is 8.50. The second kappa shape index (κ2) is 8.84. The van der Waals surface area contributed by atoms with Crippen LogP contribution in [0.4, 0.5) is 20.3 Å². The molecule has 2 aromatic carbocycles. The predicted molar refractivity (Wildman–Crippen MR) is 98.8 cm³/mol. The Bertz CT molecular complexity index is 902. The lowest BCUT2D eigenvalue weighted by Gasteiger charge is -2.07. The van der Waals surface area contributed by atoms with Gasteiger partial charge < -0.3 is 10.6 Å². The first kappa shape index (κ1) is 18.4. The van der Waals surface area contributed by atoms with E-state index in [0.29, 0.717) is 18.1 Å². The molecular weight excluding hydrogens is 350 g/mol. The lowest BCUT2D eigenvalue weighted by Crippen LogP contribution is -2.26. The second-order valence-corrected chi connectivity index (χ2v) is 5.90. The summed E-state index contributed by atoms with van der Waals surface area (Å²) in [7, 11) is 0. The highest BCUT2D eigenvalue weighted by atomic mass is 19.2. The van der Waals surface area contributed by atoms with Crippen LogP contribution in [0.25, 0.3) is 0 Å². The second-order valence-electron chi connectivity index (χ2n) is 5.90. The zero-order valence-corrected chi connectivity index (χ0v) is 14.5. The third-order valence-electron chi connectivity index (χ3n) is 3.86. The number of aromatic nitrogens is 2. The molecule has 3 rings (SSSR count). The van der Waals surface area contributed by atoms with Gasteiger partial charge in [-0.05, 0) is 42.7 Å². The topological polar surface area (TPSA) is 66.9 Å². The number of nitrogens with zero attached hydrogens (tertiary/aromatic N) is 2. The molecule has 1 heterocycles. The van der Waals surface area contributed by atoms with Gasteiger partial charge in [-0.25, -0.2) is 8.78 Å². The minimum Gasteiger partial charge on any atom is -0.351 e. The first-order chi connectivity index (χ1) is 13.1. The monoisotopic (exact) mass is 368 g/mol. The van der Waals surface area contributed by atoms with Crippen molar-refractivity contribution in [1.29, 1.82) is 0 Å². The molecule has 1 aromatic heterocycles. The summed E-state index contributed by atoms with van der Waals surface area (Å²) in [6.45, 7) is 0.532. The maximum Gasteiger partial charge on any atom is 0.271 e. The van der Waals surface area contributed by atoms with Crippen LogP contribution in [-0.2, 0) is 6.42 Å². The predicted octanol–water partition coefficient (Wildman–Crippen LogP) is 3.86. The maximum atomic E-state index is 13.2. The summed E-state index contributed by atoms with van der Waals surface area (Å²) in [6.07, 6.45) is 1.70. The number of carbonyl (C=O) groups is 1. The molecule has 3 aromatic rings. The van der Waals surface area contributed by atoms with E-state index < -0.39 is 11.6 Å². The number of hydrogen-bond acceptors (Lipinski definition) is 4. The molecule has 1 amide bonds. The number of carbonyl (C=O) groups excluding carboxylic acids is 1. The Hall–Kier alpha value is -3.35. The number of benzene rings is 2. The molecular formula is C20H18F2N4O. The number of aryl methyl sites for hydroxylation is 1. The molecule has 0 aliphatic rings. The van der Waals surface area contributed by atoms with Crippen molar-refractivity contribution in [3.05, 3.63) is 83.6 Å². The van der Waals surface area contributed by atoms with E-state index in [0.717, 1.165) is 25.0 Å². The molecule has 0 saturated carbocycles. The number of nitrogens with one attached hydrogen (secondary N) is 2. The third kappa shape index (κ3) is 5.31. The Kier molecular flexibility index (Phi) is 6.04. The van der Waals surface area contributed by atoms with Crippen LogP contribution < -0.4 is 10.6 Å². The van der Waals surface area contributed by atoms with Crippen molar-refractivity contribution in [2.24, 2.45) is 0 Å². The van der Waals surface area contributed by atoms with Crippen molar-refractivity contribution in [2.45, 2.75) is 12.8 Å². The minimum atomic E-state index is -0.959. The van der Waals surface area contributed by atoms with Gasteiger partial charge in [-0.2, -0.15) is 0 Å². The van der Waals surface area contributed by atoms with Gasteiger partial charge in [-0.1, -0.05) is 30.3 Å². The van der Waals surface area contributed by atoms with Gasteiger partial charge in [0.05, 0.1) is 0 Å². The average Bonchev–Trinajstić information content (AvgIpc) is 2.69. The standard InChI is InChI=1S/C20H18F2N4O/c21-16-9-8-15(13-17(16)22)24-19-11-10-18(25-26-19)20(27)23-12-4-7-14-5-2-1-3-6-14/h1-3,5-6,8-11,13H,4,7,12H2,(H,23,27)(H,24,26). The van der Waals surface area contributed by atoms with Crippen LogP contribution in [0, 0.1) is 11.6 Å². The molecule has 0 fully saturated rings. The van der Waals surface area contributed by atoms with E-state index in [4.69, 9.17) is 0 Å². The Morgan fingerprint density at radius 3 is 2.44 bits per heavy atom. The Balaban J connectivity index is 1.48. The van der Waals surface area contributed by atoms with Crippen LogP contribution in [0.15, 0.2) is 60.7 Å². The summed E-state index contributed by atoms with van der Waals surface area (Å²) in [5.74, 6) is -1.87. The summed E-state index contributed by atoms with van der Waals surface area (Å²) in [4.78, 5) is 12.1. The number of hydrogen-bond donors (Lipinski definition) is 2. The van der Waals surface area contributed by atoms with E-state index in [2.05, 4.69) is 20.8 Å². The van der Waals surface area contributed by atoms with Crippen molar-refractivity contribution in [2.75, 3.05) is 11.9 Å². The van der Waals surface area contributed by atoms with Crippen molar-refractivity contribution in [3.8, 4) is 0 Å². The quantitative estimate of drug-likeness (QED) is 0.622. The van der Waals surface area contributed by atoms with Crippen molar-refractivity contribution < 1.29 is 13.6 Å². The van der Waals surface area contributed by atoms with Crippen LogP contribution in [-0.4, -0.2) is 22.6 Å².